The summed E-state index contributed by atoms with van der Waals surface area (Å²) in [7, 11) is 0. The molecule has 0 aliphatic carbocycles. The highest BCUT2D eigenvalue weighted by molar-refractivity contribution is 9.11. The number of hydrogen-bond acceptors (Lipinski definition) is 5. The summed E-state index contributed by atoms with van der Waals surface area (Å²) in [5.74, 6) is -2.29. The summed E-state index contributed by atoms with van der Waals surface area (Å²) in [5.41, 5.74) is 2.78. The smallest absolute Gasteiger partial charge is 0.329 e. The zero-order valence-electron chi connectivity index (χ0n) is 14.1. The van der Waals surface area contributed by atoms with Gasteiger partial charge < -0.3 is 15.5 Å². The first-order valence-electron chi connectivity index (χ1n) is 7.90. The number of aromatic hydroxyl groups is 2. The van der Waals surface area contributed by atoms with Gasteiger partial charge in [-0.1, -0.05) is 30.3 Å². The van der Waals surface area contributed by atoms with E-state index < -0.39 is 11.8 Å². The molecule has 0 aliphatic heterocycles. The number of carbonyl (C=O) groups is 2. The predicted molar refractivity (Wildman–Crippen MR) is 113 cm³/mol. The van der Waals surface area contributed by atoms with Crippen LogP contribution in [0.25, 0.3) is 10.8 Å². The van der Waals surface area contributed by atoms with Crippen molar-refractivity contribution in [1.29, 1.82) is 0 Å². The number of phenolic OH excluding ortho intramolecular Hbond substituents is 2. The highest BCUT2D eigenvalue weighted by Gasteiger charge is 2.15. The molecule has 0 spiro atoms. The number of nitrogens with one attached hydrogen (secondary N) is 2. The molecule has 28 heavy (non-hydrogen) atoms. The normalized spacial score (nSPS) is 10.9. The lowest BCUT2D eigenvalue weighted by Gasteiger charge is -2.07. The minimum Gasteiger partial charge on any atom is -0.506 e. The first-order chi connectivity index (χ1) is 13.4. The van der Waals surface area contributed by atoms with Crippen LogP contribution < -0.4 is 10.7 Å². The second-order valence-electron chi connectivity index (χ2n) is 5.67. The Labute approximate surface area is 176 Å². The molecule has 0 unspecified atom stereocenters. The number of fused-ring (bicyclic) bond motifs is 1. The van der Waals surface area contributed by atoms with Gasteiger partial charge in [0.2, 0.25) is 0 Å². The van der Waals surface area contributed by atoms with Crippen molar-refractivity contribution in [3.8, 4) is 11.5 Å². The van der Waals surface area contributed by atoms with E-state index in [4.69, 9.17) is 0 Å². The number of anilines is 1. The molecule has 3 rings (SSSR count). The lowest BCUT2D eigenvalue weighted by Crippen LogP contribution is -2.32. The van der Waals surface area contributed by atoms with Crippen molar-refractivity contribution < 1.29 is 19.8 Å². The topological polar surface area (TPSA) is 111 Å². The maximum Gasteiger partial charge on any atom is 0.329 e. The second-order valence-corrected chi connectivity index (χ2v) is 7.32. The molecule has 142 valence electrons. The second kappa shape index (κ2) is 8.41. The van der Waals surface area contributed by atoms with Crippen LogP contribution in [0.4, 0.5) is 5.69 Å². The summed E-state index contributed by atoms with van der Waals surface area (Å²) in [6.45, 7) is 0. The van der Waals surface area contributed by atoms with Gasteiger partial charge in [0.05, 0.1) is 10.7 Å². The minimum atomic E-state index is -0.971. The predicted octanol–water partition coefficient (Wildman–Crippen LogP) is 3.86. The Morgan fingerprint density at radius 3 is 2.39 bits per heavy atom. The molecule has 0 heterocycles. The van der Waals surface area contributed by atoms with E-state index in [2.05, 4.69) is 47.7 Å². The highest BCUT2D eigenvalue weighted by Crippen LogP contribution is 2.40. The first-order valence-corrected chi connectivity index (χ1v) is 9.48. The fourth-order valence-corrected chi connectivity index (χ4v) is 3.53. The number of nitrogens with zero attached hydrogens (tertiary/aromatic N) is 1. The Balaban J connectivity index is 1.66. The van der Waals surface area contributed by atoms with Crippen molar-refractivity contribution >= 4 is 66.3 Å². The molecular formula is C19H13Br2N3O4. The van der Waals surface area contributed by atoms with Gasteiger partial charge in [-0.25, -0.2) is 5.43 Å². The summed E-state index contributed by atoms with van der Waals surface area (Å²) in [6.07, 6.45) is 1.14. The third-order valence-electron chi connectivity index (χ3n) is 3.78. The van der Waals surface area contributed by atoms with E-state index in [1.807, 2.05) is 30.3 Å². The van der Waals surface area contributed by atoms with Crippen LogP contribution in [0.15, 0.2) is 62.6 Å². The molecule has 0 fully saturated rings. The largest absolute Gasteiger partial charge is 0.506 e. The summed E-state index contributed by atoms with van der Waals surface area (Å²) in [4.78, 5) is 23.9. The number of benzene rings is 3. The third kappa shape index (κ3) is 4.32. The van der Waals surface area contributed by atoms with E-state index in [1.165, 1.54) is 6.07 Å². The standard InChI is InChI=1S/C19H13Br2N3O4/c20-14-8-12(16(25)15(21)17(14)26)9-22-24-19(28)18(27)23-13-6-5-10-3-1-2-4-11(10)7-13/h1-9,25-26H,(H,23,27)(H,24,28). The molecule has 0 atom stereocenters. The Morgan fingerprint density at radius 1 is 0.929 bits per heavy atom. The van der Waals surface area contributed by atoms with E-state index in [-0.39, 0.29) is 21.5 Å². The van der Waals surface area contributed by atoms with Gasteiger partial charge in [-0.2, -0.15) is 5.10 Å². The van der Waals surface area contributed by atoms with Crippen LogP contribution in [-0.4, -0.2) is 28.2 Å². The van der Waals surface area contributed by atoms with Crippen molar-refractivity contribution in [2.75, 3.05) is 5.32 Å². The zero-order valence-corrected chi connectivity index (χ0v) is 17.3. The quantitative estimate of drug-likeness (QED) is 0.245. The van der Waals surface area contributed by atoms with Crippen molar-refractivity contribution in [1.82, 2.24) is 5.43 Å². The molecule has 0 radical (unpaired) electrons. The average Bonchev–Trinajstić information content (AvgIpc) is 2.69. The highest BCUT2D eigenvalue weighted by atomic mass is 79.9. The summed E-state index contributed by atoms with van der Waals surface area (Å²) in [6, 6.07) is 14.3. The van der Waals surface area contributed by atoms with Crippen LogP contribution in [0.3, 0.4) is 0 Å². The number of amides is 2. The summed E-state index contributed by atoms with van der Waals surface area (Å²) >= 11 is 6.16. The van der Waals surface area contributed by atoms with Crippen molar-refractivity contribution in [3.63, 3.8) is 0 Å². The number of hydrogen-bond donors (Lipinski definition) is 4. The molecule has 9 heteroatoms. The van der Waals surface area contributed by atoms with Gasteiger partial charge in [0.15, 0.2) is 0 Å². The van der Waals surface area contributed by atoms with Gasteiger partial charge in [0, 0.05) is 11.3 Å². The molecule has 0 saturated carbocycles. The van der Waals surface area contributed by atoms with Gasteiger partial charge in [0.1, 0.15) is 16.0 Å². The average molecular weight is 507 g/mol. The Morgan fingerprint density at radius 2 is 1.64 bits per heavy atom. The van der Waals surface area contributed by atoms with Crippen molar-refractivity contribution in [2.45, 2.75) is 0 Å². The van der Waals surface area contributed by atoms with E-state index in [1.54, 1.807) is 12.1 Å². The molecule has 2 amide bonds. The number of halogens is 2. The van der Waals surface area contributed by atoms with Gasteiger partial charge in [-0.15, -0.1) is 0 Å². The molecule has 0 aromatic heterocycles. The van der Waals surface area contributed by atoms with Crippen LogP contribution in [0.2, 0.25) is 0 Å². The molecule has 0 bridgehead atoms. The van der Waals surface area contributed by atoms with Crippen LogP contribution in [0.5, 0.6) is 11.5 Å². The zero-order chi connectivity index (χ0) is 20.3. The minimum absolute atomic E-state index is 0.0729. The van der Waals surface area contributed by atoms with Crippen LogP contribution >= 0.6 is 31.9 Å². The lowest BCUT2D eigenvalue weighted by atomic mass is 10.1. The first kappa shape index (κ1) is 19.8. The summed E-state index contributed by atoms with van der Waals surface area (Å²) < 4.78 is 0.391. The molecular weight excluding hydrogens is 494 g/mol. The van der Waals surface area contributed by atoms with E-state index in [0.717, 1.165) is 17.0 Å². The number of phenols is 2. The molecule has 0 aliphatic rings. The third-order valence-corrected chi connectivity index (χ3v) is 5.14. The van der Waals surface area contributed by atoms with Crippen LogP contribution in [0, 0.1) is 0 Å². The monoisotopic (exact) mass is 505 g/mol. The van der Waals surface area contributed by atoms with Gasteiger partial charge in [-0.3, -0.25) is 9.59 Å². The van der Waals surface area contributed by atoms with E-state index in [0.29, 0.717) is 10.2 Å². The number of rotatable bonds is 3. The number of hydrazone groups is 1. The SMILES string of the molecule is O=C(NN=Cc1cc(Br)c(O)c(Br)c1O)C(=O)Nc1ccc2ccccc2c1. The lowest BCUT2D eigenvalue weighted by molar-refractivity contribution is -0.136. The molecule has 3 aromatic rings. The Bertz CT molecular complexity index is 1120. The van der Waals surface area contributed by atoms with Gasteiger partial charge in [-0.05, 0) is 60.8 Å². The van der Waals surface area contributed by atoms with Crippen LogP contribution in [0.1, 0.15) is 5.56 Å². The Kier molecular flexibility index (Phi) is 5.96. The van der Waals surface area contributed by atoms with Crippen LogP contribution in [-0.2, 0) is 9.59 Å². The maximum absolute atomic E-state index is 12.0. The maximum atomic E-state index is 12.0. The molecule has 7 nitrogen and oxygen atoms in total. The van der Waals surface area contributed by atoms with Crippen molar-refractivity contribution in [2.24, 2.45) is 5.10 Å². The Hall–Kier alpha value is -2.91. The molecule has 3 aromatic carbocycles. The molecule has 4 N–H and O–H groups in total. The molecule has 0 saturated heterocycles. The fourth-order valence-electron chi connectivity index (χ4n) is 2.38. The van der Waals surface area contributed by atoms with Gasteiger partial charge in [0.25, 0.3) is 0 Å². The van der Waals surface area contributed by atoms with E-state index in [9.17, 15) is 19.8 Å². The van der Waals surface area contributed by atoms with Gasteiger partial charge >= 0.3 is 11.8 Å². The van der Waals surface area contributed by atoms with Crippen molar-refractivity contribution in [3.05, 3.63) is 63.0 Å². The fraction of sp³-hybridized carbons (Fsp3) is 0. The van der Waals surface area contributed by atoms with E-state index >= 15 is 0 Å². The summed E-state index contributed by atoms with van der Waals surface area (Å²) in [5, 5.41) is 27.7. The number of carbonyl (C=O) groups excluding carboxylic acids is 2.